The topological polar surface area (TPSA) is 63.2 Å². The Labute approximate surface area is 130 Å². The second-order valence-electron chi connectivity index (χ2n) is 4.26. The molecule has 0 heterocycles. The Morgan fingerprint density at radius 2 is 1.41 bits per heavy atom. The first-order valence-electron chi connectivity index (χ1n) is 6.76. The van der Waals surface area contributed by atoms with Crippen molar-refractivity contribution in [3.8, 4) is 23.0 Å². The van der Waals surface area contributed by atoms with Crippen LogP contribution in [0.25, 0.3) is 6.08 Å². The van der Waals surface area contributed by atoms with Gasteiger partial charge in [0, 0.05) is 17.2 Å². The van der Waals surface area contributed by atoms with Gasteiger partial charge in [-0.3, -0.25) is 0 Å². The van der Waals surface area contributed by atoms with E-state index in [-0.39, 0.29) is 0 Å². The Morgan fingerprint density at radius 1 is 0.909 bits per heavy atom. The number of methoxy groups -OCH3 is 4. The smallest absolute Gasteiger partial charge is 0.330 e. The molecule has 0 saturated carbocycles. The highest BCUT2D eigenvalue weighted by atomic mass is 16.5. The maximum atomic E-state index is 11.5. The van der Waals surface area contributed by atoms with Crippen molar-refractivity contribution in [3.63, 3.8) is 0 Å². The molecule has 0 fully saturated rings. The molecule has 0 amide bonds. The molecule has 0 saturated heterocycles. The van der Waals surface area contributed by atoms with E-state index in [2.05, 4.69) is 0 Å². The van der Waals surface area contributed by atoms with E-state index in [0.29, 0.717) is 35.2 Å². The Kier molecular flexibility index (Phi) is 6.56. The number of benzene rings is 1. The molecule has 0 spiro atoms. The fourth-order valence-corrected chi connectivity index (χ4v) is 2.15. The van der Waals surface area contributed by atoms with Crippen LogP contribution in [0.1, 0.15) is 18.1 Å². The molecule has 122 valence electrons. The number of rotatable bonds is 7. The van der Waals surface area contributed by atoms with Crippen LogP contribution in [-0.2, 0) is 9.53 Å². The summed E-state index contributed by atoms with van der Waals surface area (Å²) in [5, 5.41) is 0. The molecule has 0 N–H and O–H groups in total. The van der Waals surface area contributed by atoms with Crippen molar-refractivity contribution in [2.75, 3.05) is 35.0 Å². The summed E-state index contributed by atoms with van der Waals surface area (Å²) in [4.78, 5) is 11.5. The predicted molar refractivity (Wildman–Crippen MR) is 83.1 cm³/mol. The van der Waals surface area contributed by atoms with E-state index in [0.717, 1.165) is 5.56 Å². The molecule has 0 atom stereocenters. The maximum Gasteiger partial charge on any atom is 0.330 e. The molecule has 0 aliphatic carbocycles. The van der Waals surface area contributed by atoms with Gasteiger partial charge in [0.2, 0.25) is 11.5 Å². The minimum Gasteiger partial charge on any atom is -0.492 e. The van der Waals surface area contributed by atoms with Crippen LogP contribution in [-0.4, -0.2) is 41.0 Å². The summed E-state index contributed by atoms with van der Waals surface area (Å²) in [6.07, 6.45) is 2.94. The first-order chi connectivity index (χ1) is 10.5. The third-order valence-corrected chi connectivity index (χ3v) is 3.10. The van der Waals surface area contributed by atoms with E-state index in [9.17, 15) is 4.79 Å². The minimum absolute atomic E-state index is 0.314. The van der Waals surface area contributed by atoms with Crippen LogP contribution < -0.4 is 18.9 Å². The summed E-state index contributed by atoms with van der Waals surface area (Å²) in [5.41, 5.74) is 1.42. The average molecular weight is 310 g/mol. The van der Waals surface area contributed by atoms with Gasteiger partial charge >= 0.3 is 5.97 Å². The predicted octanol–water partition coefficient (Wildman–Crippen LogP) is 2.61. The van der Waals surface area contributed by atoms with Gasteiger partial charge in [0.1, 0.15) is 0 Å². The Balaban J connectivity index is 3.52. The molecule has 0 aromatic heterocycles. The van der Waals surface area contributed by atoms with Crippen molar-refractivity contribution in [1.29, 1.82) is 0 Å². The zero-order valence-corrected chi connectivity index (χ0v) is 13.8. The monoisotopic (exact) mass is 310 g/mol. The summed E-state index contributed by atoms with van der Waals surface area (Å²) in [7, 11) is 6.09. The molecule has 1 aromatic rings. The van der Waals surface area contributed by atoms with Crippen LogP contribution in [0.5, 0.6) is 23.0 Å². The summed E-state index contributed by atoms with van der Waals surface area (Å²) in [6.45, 7) is 3.90. The lowest BCUT2D eigenvalue weighted by Gasteiger charge is -2.20. The van der Waals surface area contributed by atoms with Gasteiger partial charge < -0.3 is 23.7 Å². The second-order valence-corrected chi connectivity index (χ2v) is 4.26. The van der Waals surface area contributed by atoms with E-state index >= 15 is 0 Å². The van der Waals surface area contributed by atoms with Gasteiger partial charge in [0.05, 0.1) is 35.0 Å². The highest BCUT2D eigenvalue weighted by molar-refractivity contribution is 5.89. The molecule has 0 aliphatic rings. The lowest BCUT2D eigenvalue weighted by molar-refractivity contribution is -0.137. The fourth-order valence-electron chi connectivity index (χ4n) is 2.15. The van der Waals surface area contributed by atoms with Gasteiger partial charge in [-0.25, -0.2) is 4.79 Å². The van der Waals surface area contributed by atoms with Crippen LogP contribution in [0, 0.1) is 6.92 Å². The van der Waals surface area contributed by atoms with Gasteiger partial charge in [0.15, 0.2) is 11.5 Å². The SMILES string of the molecule is CCOC(=O)C=Cc1c(C)c(OC)c(OC)c(OC)c1OC. The van der Waals surface area contributed by atoms with Crippen molar-refractivity contribution in [2.45, 2.75) is 13.8 Å². The van der Waals surface area contributed by atoms with Crippen molar-refractivity contribution >= 4 is 12.0 Å². The van der Waals surface area contributed by atoms with E-state index in [1.54, 1.807) is 13.0 Å². The van der Waals surface area contributed by atoms with Crippen molar-refractivity contribution < 1.29 is 28.5 Å². The second kappa shape index (κ2) is 8.17. The molecule has 6 heteroatoms. The zero-order valence-electron chi connectivity index (χ0n) is 13.8. The number of ether oxygens (including phenoxy) is 5. The van der Waals surface area contributed by atoms with Crippen LogP contribution in [0.4, 0.5) is 0 Å². The molecular weight excluding hydrogens is 288 g/mol. The van der Waals surface area contributed by atoms with E-state index < -0.39 is 5.97 Å². The third-order valence-electron chi connectivity index (χ3n) is 3.10. The van der Waals surface area contributed by atoms with Crippen molar-refractivity contribution in [2.24, 2.45) is 0 Å². The molecular formula is C16H22O6. The molecule has 22 heavy (non-hydrogen) atoms. The van der Waals surface area contributed by atoms with Gasteiger partial charge in [-0.1, -0.05) is 0 Å². The molecule has 1 aromatic carbocycles. The number of carbonyl (C=O) groups excluding carboxylic acids is 1. The fraction of sp³-hybridized carbons (Fsp3) is 0.438. The first-order valence-corrected chi connectivity index (χ1v) is 6.76. The summed E-state index contributed by atoms with van der Waals surface area (Å²) < 4.78 is 26.4. The number of esters is 1. The summed E-state index contributed by atoms with van der Waals surface area (Å²) >= 11 is 0. The maximum absolute atomic E-state index is 11.5. The lowest BCUT2D eigenvalue weighted by Crippen LogP contribution is -2.03. The van der Waals surface area contributed by atoms with Crippen LogP contribution in [0.3, 0.4) is 0 Å². The van der Waals surface area contributed by atoms with Crippen LogP contribution >= 0.6 is 0 Å². The molecule has 6 nitrogen and oxygen atoms in total. The zero-order chi connectivity index (χ0) is 16.7. The van der Waals surface area contributed by atoms with E-state index in [1.807, 2.05) is 6.92 Å². The highest BCUT2D eigenvalue weighted by Gasteiger charge is 2.24. The van der Waals surface area contributed by atoms with Gasteiger partial charge in [0.25, 0.3) is 0 Å². The van der Waals surface area contributed by atoms with Crippen LogP contribution in [0.2, 0.25) is 0 Å². The minimum atomic E-state index is -0.433. The summed E-state index contributed by atoms with van der Waals surface area (Å²) in [6, 6.07) is 0. The van der Waals surface area contributed by atoms with Gasteiger partial charge in [-0.05, 0) is 19.9 Å². The van der Waals surface area contributed by atoms with E-state index in [1.165, 1.54) is 34.5 Å². The lowest BCUT2D eigenvalue weighted by atomic mass is 10.0. The highest BCUT2D eigenvalue weighted by Crippen LogP contribution is 2.49. The van der Waals surface area contributed by atoms with Crippen LogP contribution in [0.15, 0.2) is 6.08 Å². The molecule has 0 bridgehead atoms. The molecule has 0 aliphatic heterocycles. The Bertz CT molecular complexity index is 562. The first kappa shape index (κ1) is 17.7. The van der Waals surface area contributed by atoms with Gasteiger partial charge in [-0.15, -0.1) is 0 Å². The largest absolute Gasteiger partial charge is 0.492 e. The van der Waals surface area contributed by atoms with Crippen molar-refractivity contribution in [3.05, 3.63) is 17.2 Å². The quantitative estimate of drug-likeness (QED) is 0.570. The Morgan fingerprint density at radius 3 is 1.86 bits per heavy atom. The average Bonchev–Trinajstić information content (AvgIpc) is 2.52. The third kappa shape index (κ3) is 3.44. The normalized spacial score (nSPS) is 10.5. The molecule has 0 radical (unpaired) electrons. The number of carbonyl (C=O) groups is 1. The number of hydrogen-bond acceptors (Lipinski definition) is 6. The summed E-state index contributed by atoms with van der Waals surface area (Å²) in [5.74, 6) is 1.38. The molecule has 0 unspecified atom stereocenters. The number of hydrogen-bond donors (Lipinski definition) is 0. The van der Waals surface area contributed by atoms with Gasteiger partial charge in [-0.2, -0.15) is 0 Å². The molecule has 1 rings (SSSR count). The van der Waals surface area contributed by atoms with Crippen molar-refractivity contribution in [1.82, 2.24) is 0 Å². The standard InChI is InChI=1S/C16H22O6/c1-7-22-12(17)9-8-11-10(2)13(18-3)15(20-5)16(21-6)14(11)19-4/h8-9H,7H2,1-6H3. The van der Waals surface area contributed by atoms with E-state index in [4.69, 9.17) is 23.7 Å². The Hall–Kier alpha value is -2.37.